The number of fused-ring (bicyclic) bond motifs is 1. The van der Waals surface area contributed by atoms with Crippen LogP contribution in [0.2, 0.25) is 0 Å². The molecule has 5 heteroatoms. The van der Waals surface area contributed by atoms with Crippen LogP contribution < -0.4 is 0 Å². The van der Waals surface area contributed by atoms with Crippen molar-refractivity contribution < 1.29 is 4.63 Å². The molecule has 4 aromatic rings. The van der Waals surface area contributed by atoms with Crippen molar-refractivity contribution in [2.75, 3.05) is 0 Å². The summed E-state index contributed by atoms with van der Waals surface area (Å²) in [6.45, 7) is 4.11. The molecule has 112 valence electrons. The Morgan fingerprint density at radius 3 is 1.39 bits per heavy atom. The molecule has 0 unspecified atom stereocenters. The highest BCUT2D eigenvalue weighted by Crippen LogP contribution is 2.30. The van der Waals surface area contributed by atoms with E-state index in [0.717, 1.165) is 22.5 Å². The van der Waals surface area contributed by atoms with Gasteiger partial charge in [-0.15, -0.1) is 0 Å². The molecule has 0 spiro atoms. The first-order valence-corrected chi connectivity index (χ1v) is 7.35. The molecule has 23 heavy (non-hydrogen) atoms. The first-order chi connectivity index (χ1) is 11.2. The molecule has 0 amide bonds. The molecule has 0 atom stereocenters. The first-order valence-electron chi connectivity index (χ1n) is 7.35. The molecule has 2 aromatic heterocycles. The number of benzene rings is 2. The molecular weight excluding hydrogens is 288 g/mol. The van der Waals surface area contributed by atoms with E-state index in [1.54, 1.807) is 0 Å². The Hall–Kier alpha value is -3.08. The standard InChI is InChI=1S/C18H14N4O/c1-11-3-7-13(8-4-11)15-16(14-9-5-12(2)6-10-14)20-18-17(19-15)21-23-22-18/h3-10H,1-2H3. The second kappa shape index (κ2) is 5.28. The van der Waals surface area contributed by atoms with Gasteiger partial charge in [-0.1, -0.05) is 59.7 Å². The average Bonchev–Trinajstić information content (AvgIpc) is 3.03. The van der Waals surface area contributed by atoms with E-state index in [-0.39, 0.29) is 0 Å². The molecule has 0 saturated heterocycles. The third-order valence-electron chi connectivity index (χ3n) is 3.76. The molecule has 0 N–H and O–H groups in total. The molecule has 0 aliphatic rings. The van der Waals surface area contributed by atoms with Crippen LogP contribution in [0.5, 0.6) is 0 Å². The number of nitrogens with zero attached hydrogens (tertiary/aromatic N) is 4. The van der Waals surface area contributed by atoms with Crippen LogP contribution in [0, 0.1) is 13.8 Å². The maximum atomic E-state index is 4.76. The van der Waals surface area contributed by atoms with Gasteiger partial charge in [-0.2, -0.15) is 0 Å². The first kappa shape index (κ1) is 13.6. The topological polar surface area (TPSA) is 64.7 Å². The Labute approximate surface area is 133 Å². The summed E-state index contributed by atoms with van der Waals surface area (Å²) in [6, 6.07) is 16.4. The van der Waals surface area contributed by atoms with E-state index >= 15 is 0 Å². The van der Waals surface area contributed by atoms with Crippen molar-refractivity contribution in [2.24, 2.45) is 0 Å². The van der Waals surface area contributed by atoms with Gasteiger partial charge in [0.05, 0.1) is 11.4 Å². The van der Waals surface area contributed by atoms with Gasteiger partial charge in [-0.05, 0) is 24.2 Å². The number of aryl methyl sites for hydroxylation is 2. The van der Waals surface area contributed by atoms with Crippen molar-refractivity contribution >= 4 is 11.3 Å². The van der Waals surface area contributed by atoms with Crippen molar-refractivity contribution in [1.82, 2.24) is 20.3 Å². The maximum absolute atomic E-state index is 4.76. The van der Waals surface area contributed by atoms with E-state index in [9.17, 15) is 0 Å². The summed E-state index contributed by atoms with van der Waals surface area (Å²) in [7, 11) is 0. The summed E-state index contributed by atoms with van der Waals surface area (Å²) in [5.41, 5.74) is 6.75. The van der Waals surface area contributed by atoms with Gasteiger partial charge in [0.2, 0.25) is 11.3 Å². The Balaban J connectivity index is 1.98. The molecule has 0 fully saturated rings. The lowest BCUT2D eigenvalue weighted by atomic mass is 10.0. The quantitative estimate of drug-likeness (QED) is 0.560. The van der Waals surface area contributed by atoms with E-state index in [1.165, 1.54) is 11.1 Å². The highest BCUT2D eigenvalue weighted by molar-refractivity contribution is 5.83. The molecule has 2 heterocycles. The fourth-order valence-corrected chi connectivity index (χ4v) is 2.46. The van der Waals surface area contributed by atoms with E-state index in [2.05, 4.69) is 58.4 Å². The Morgan fingerprint density at radius 1 is 0.609 bits per heavy atom. The van der Waals surface area contributed by atoms with Crippen LogP contribution in [0.1, 0.15) is 11.1 Å². The third-order valence-corrected chi connectivity index (χ3v) is 3.76. The smallest absolute Gasteiger partial charge is 0.240 e. The fourth-order valence-electron chi connectivity index (χ4n) is 2.46. The lowest BCUT2D eigenvalue weighted by Gasteiger charge is -2.08. The highest BCUT2D eigenvalue weighted by atomic mass is 16.6. The van der Waals surface area contributed by atoms with Gasteiger partial charge in [0, 0.05) is 11.1 Å². The zero-order valence-corrected chi connectivity index (χ0v) is 12.8. The minimum atomic E-state index is 0.413. The number of hydrogen-bond acceptors (Lipinski definition) is 5. The SMILES string of the molecule is Cc1ccc(-c2nc3nonc3nc2-c2ccc(C)cc2)cc1. The van der Waals surface area contributed by atoms with Crippen molar-refractivity contribution in [3.8, 4) is 22.5 Å². The average molecular weight is 302 g/mol. The van der Waals surface area contributed by atoms with Gasteiger partial charge in [0.1, 0.15) is 0 Å². The molecule has 0 aliphatic heterocycles. The van der Waals surface area contributed by atoms with Crippen molar-refractivity contribution in [2.45, 2.75) is 13.8 Å². The van der Waals surface area contributed by atoms with Crippen molar-refractivity contribution in [3.05, 3.63) is 59.7 Å². The van der Waals surface area contributed by atoms with Gasteiger partial charge < -0.3 is 0 Å². The Bertz CT molecular complexity index is 893. The Kier molecular flexibility index (Phi) is 3.12. The number of aromatic nitrogens is 4. The molecule has 4 rings (SSSR count). The molecule has 5 nitrogen and oxygen atoms in total. The van der Waals surface area contributed by atoms with E-state index in [0.29, 0.717) is 11.3 Å². The molecule has 2 aromatic carbocycles. The van der Waals surface area contributed by atoms with E-state index < -0.39 is 0 Å². The Morgan fingerprint density at radius 2 is 1.00 bits per heavy atom. The van der Waals surface area contributed by atoms with Crippen LogP contribution in [0.15, 0.2) is 53.2 Å². The highest BCUT2D eigenvalue weighted by Gasteiger charge is 2.15. The van der Waals surface area contributed by atoms with Gasteiger partial charge in [0.25, 0.3) is 0 Å². The van der Waals surface area contributed by atoms with Crippen LogP contribution in [-0.2, 0) is 0 Å². The predicted octanol–water partition coefficient (Wildman–Crippen LogP) is 3.96. The monoisotopic (exact) mass is 302 g/mol. The summed E-state index contributed by atoms with van der Waals surface area (Å²) in [4.78, 5) is 9.21. The maximum Gasteiger partial charge on any atom is 0.243 e. The molecular formula is C18H14N4O. The summed E-state index contributed by atoms with van der Waals surface area (Å²) in [5, 5.41) is 7.62. The molecule has 0 radical (unpaired) electrons. The second-order valence-corrected chi connectivity index (χ2v) is 5.56. The second-order valence-electron chi connectivity index (χ2n) is 5.56. The van der Waals surface area contributed by atoms with Crippen molar-refractivity contribution in [1.29, 1.82) is 0 Å². The zero-order valence-electron chi connectivity index (χ0n) is 12.8. The normalized spacial score (nSPS) is 11.0. The summed E-state index contributed by atoms with van der Waals surface area (Å²) in [6.07, 6.45) is 0. The summed E-state index contributed by atoms with van der Waals surface area (Å²) < 4.78 is 4.76. The minimum Gasteiger partial charge on any atom is -0.240 e. The van der Waals surface area contributed by atoms with Crippen LogP contribution in [0.3, 0.4) is 0 Å². The molecule has 0 bridgehead atoms. The van der Waals surface area contributed by atoms with Gasteiger partial charge >= 0.3 is 0 Å². The van der Waals surface area contributed by atoms with Crippen LogP contribution >= 0.6 is 0 Å². The number of rotatable bonds is 2. The predicted molar refractivity (Wildman–Crippen MR) is 87.7 cm³/mol. The largest absolute Gasteiger partial charge is 0.243 e. The van der Waals surface area contributed by atoms with Crippen LogP contribution in [-0.4, -0.2) is 20.3 Å². The minimum absolute atomic E-state index is 0.413. The third kappa shape index (κ3) is 2.46. The van der Waals surface area contributed by atoms with Gasteiger partial charge in [-0.25, -0.2) is 14.6 Å². The summed E-state index contributed by atoms with van der Waals surface area (Å²) >= 11 is 0. The zero-order chi connectivity index (χ0) is 15.8. The van der Waals surface area contributed by atoms with Crippen LogP contribution in [0.4, 0.5) is 0 Å². The fraction of sp³-hybridized carbons (Fsp3) is 0.111. The summed E-state index contributed by atoms with van der Waals surface area (Å²) in [5.74, 6) is 0. The van der Waals surface area contributed by atoms with Crippen LogP contribution in [0.25, 0.3) is 33.8 Å². The lowest BCUT2D eigenvalue weighted by Crippen LogP contribution is -1.95. The van der Waals surface area contributed by atoms with E-state index in [4.69, 9.17) is 4.63 Å². The van der Waals surface area contributed by atoms with Gasteiger partial charge in [-0.3, -0.25) is 0 Å². The van der Waals surface area contributed by atoms with E-state index in [1.807, 2.05) is 24.3 Å². The lowest BCUT2D eigenvalue weighted by molar-refractivity contribution is 0.314. The number of hydrogen-bond donors (Lipinski definition) is 0. The van der Waals surface area contributed by atoms with Crippen molar-refractivity contribution in [3.63, 3.8) is 0 Å². The molecule has 0 aliphatic carbocycles. The molecule has 0 saturated carbocycles. The van der Waals surface area contributed by atoms with Gasteiger partial charge in [0.15, 0.2) is 0 Å².